The number of nitrogens with one attached hydrogen (secondary N) is 2. The van der Waals surface area contributed by atoms with Gasteiger partial charge in [-0.15, -0.1) is 0 Å². The van der Waals surface area contributed by atoms with Gasteiger partial charge in [0.05, 0.1) is 23.6 Å². The lowest BCUT2D eigenvalue weighted by Gasteiger charge is -2.39. The van der Waals surface area contributed by atoms with Crippen LogP contribution in [0.2, 0.25) is 0 Å². The molecule has 1 aromatic heterocycles. The van der Waals surface area contributed by atoms with Crippen LogP contribution in [0.25, 0.3) is 0 Å². The van der Waals surface area contributed by atoms with Crippen LogP contribution < -0.4 is 16.0 Å². The first-order chi connectivity index (χ1) is 20.5. The molecular weight excluding hydrogens is 530 g/mol. The van der Waals surface area contributed by atoms with Crippen molar-refractivity contribution >= 4 is 29.2 Å². The second kappa shape index (κ2) is 13.6. The number of hydrogen-bond acceptors (Lipinski definition) is 6. The largest absolute Gasteiger partial charge is 0.460 e. The van der Waals surface area contributed by atoms with Crippen LogP contribution in [0.3, 0.4) is 0 Å². The fourth-order valence-corrected chi connectivity index (χ4v) is 5.37. The predicted molar refractivity (Wildman–Crippen MR) is 162 cm³/mol. The summed E-state index contributed by atoms with van der Waals surface area (Å²) < 4.78 is 11.2. The lowest BCUT2D eigenvalue weighted by molar-refractivity contribution is -0.147. The summed E-state index contributed by atoms with van der Waals surface area (Å²) in [4.78, 5) is 31.1. The Morgan fingerprint density at radius 3 is 2.29 bits per heavy atom. The molecule has 1 saturated heterocycles. The fourth-order valence-electron chi connectivity index (χ4n) is 5.37. The van der Waals surface area contributed by atoms with Crippen LogP contribution in [0.15, 0.2) is 108 Å². The summed E-state index contributed by atoms with van der Waals surface area (Å²) in [6.45, 7) is 2.11. The van der Waals surface area contributed by atoms with Gasteiger partial charge in [0.2, 0.25) is 0 Å². The zero-order valence-electron chi connectivity index (χ0n) is 23.3. The van der Waals surface area contributed by atoms with E-state index < -0.39 is 5.92 Å². The van der Waals surface area contributed by atoms with Crippen LogP contribution in [0.5, 0.6) is 0 Å². The van der Waals surface area contributed by atoms with E-state index in [1.165, 1.54) is 6.26 Å². The lowest BCUT2D eigenvalue weighted by Crippen LogP contribution is -2.49. The maximum atomic E-state index is 13.7. The van der Waals surface area contributed by atoms with E-state index in [1.54, 1.807) is 23.1 Å². The van der Waals surface area contributed by atoms with Gasteiger partial charge < -0.3 is 30.0 Å². The number of nitrogens with two attached hydrogens (primary N) is 1. The van der Waals surface area contributed by atoms with Crippen LogP contribution in [-0.2, 0) is 16.1 Å². The molecule has 1 aliphatic heterocycles. The number of para-hydroxylation sites is 2. The van der Waals surface area contributed by atoms with E-state index in [1.807, 2.05) is 78.9 Å². The number of hydrogen-bond donors (Lipinski definition) is 3. The van der Waals surface area contributed by atoms with Gasteiger partial charge in [-0.1, -0.05) is 72.8 Å². The van der Waals surface area contributed by atoms with E-state index in [9.17, 15) is 9.59 Å². The maximum Gasteiger partial charge on any atom is 0.315 e. The molecule has 2 heterocycles. The smallest absolute Gasteiger partial charge is 0.315 e. The standard InChI is InChI=1S/C33H35N5O4/c34-33(35)36-28-14-7-8-15-29(28)38(31(39)30-16-9-21-41-30)26-17-19-37(20-18-26)22-27(25-12-5-2-6-13-25)32(40)42-23-24-10-3-1-4-11-24/h1-16,21,26-27H,17-20,22-23H2,(H4,34,35,36). The van der Waals surface area contributed by atoms with E-state index in [4.69, 9.17) is 20.3 Å². The number of likely N-dealkylation sites (tertiary alicyclic amines) is 1. The number of guanidine groups is 1. The Bertz CT molecular complexity index is 1470. The third-order valence-electron chi connectivity index (χ3n) is 7.46. The molecule has 9 nitrogen and oxygen atoms in total. The van der Waals surface area contributed by atoms with Gasteiger partial charge in [-0.05, 0) is 48.2 Å². The number of piperidine rings is 1. The van der Waals surface area contributed by atoms with Crippen molar-refractivity contribution in [3.8, 4) is 0 Å². The topological polar surface area (TPSA) is 125 Å². The highest BCUT2D eigenvalue weighted by atomic mass is 16.5. The van der Waals surface area contributed by atoms with Crippen molar-refractivity contribution in [1.82, 2.24) is 4.90 Å². The molecule has 1 fully saturated rings. The van der Waals surface area contributed by atoms with Crippen molar-refractivity contribution in [1.29, 1.82) is 5.41 Å². The summed E-state index contributed by atoms with van der Waals surface area (Å²) >= 11 is 0. The van der Waals surface area contributed by atoms with Crippen molar-refractivity contribution in [2.24, 2.45) is 5.73 Å². The maximum absolute atomic E-state index is 13.7. The third-order valence-corrected chi connectivity index (χ3v) is 7.46. The number of carbonyl (C=O) groups excluding carboxylic acids is 2. The van der Waals surface area contributed by atoms with Crippen LogP contribution in [0.4, 0.5) is 11.4 Å². The highest BCUT2D eigenvalue weighted by Crippen LogP contribution is 2.33. The first kappa shape index (κ1) is 28.6. The summed E-state index contributed by atoms with van der Waals surface area (Å²) in [6.07, 6.45) is 2.84. The SMILES string of the molecule is N=C(N)Nc1ccccc1N(C(=O)c1ccco1)C1CCN(CC(C(=O)OCc2ccccc2)c2ccccc2)CC1. The Labute approximate surface area is 245 Å². The van der Waals surface area contributed by atoms with Crippen molar-refractivity contribution in [2.45, 2.75) is 31.4 Å². The first-order valence-corrected chi connectivity index (χ1v) is 14.0. The van der Waals surface area contributed by atoms with Gasteiger partial charge in [-0.2, -0.15) is 0 Å². The van der Waals surface area contributed by atoms with Gasteiger partial charge in [0.1, 0.15) is 6.61 Å². The van der Waals surface area contributed by atoms with Gasteiger partial charge in [0.25, 0.3) is 5.91 Å². The second-order valence-corrected chi connectivity index (χ2v) is 10.3. The lowest BCUT2D eigenvalue weighted by atomic mass is 9.96. The number of esters is 1. The molecule has 0 spiro atoms. The van der Waals surface area contributed by atoms with E-state index in [0.717, 1.165) is 11.1 Å². The van der Waals surface area contributed by atoms with Crippen LogP contribution in [0.1, 0.15) is 40.4 Å². The Balaban J connectivity index is 1.31. The predicted octanol–water partition coefficient (Wildman–Crippen LogP) is 5.22. The number of benzene rings is 3. The summed E-state index contributed by atoms with van der Waals surface area (Å²) in [5.74, 6) is -0.934. The number of amides is 1. The molecule has 5 rings (SSSR count). The zero-order chi connectivity index (χ0) is 29.3. The minimum absolute atomic E-state index is 0.131. The molecular formula is C33H35N5O4. The molecule has 4 N–H and O–H groups in total. The minimum Gasteiger partial charge on any atom is -0.460 e. The molecule has 0 aliphatic carbocycles. The van der Waals surface area contributed by atoms with Crippen LogP contribution >= 0.6 is 0 Å². The van der Waals surface area contributed by atoms with Crippen molar-refractivity contribution in [2.75, 3.05) is 29.9 Å². The third kappa shape index (κ3) is 7.05. The summed E-state index contributed by atoms with van der Waals surface area (Å²) in [5.41, 5.74) is 8.69. The van der Waals surface area contributed by atoms with Gasteiger partial charge in [-0.25, -0.2) is 0 Å². The van der Waals surface area contributed by atoms with Gasteiger partial charge in [0, 0.05) is 25.7 Å². The average Bonchev–Trinajstić information content (AvgIpc) is 3.56. The molecule has 1 atom stereocenters. The molecule has 0 saturated carbocycles. The Kier molecular flexibility index (Phi) is 9.30. The second-order valence-electron chi connectivity index (χ2n) is 10.3. The molecule has 0 bridgehead atoms. The number of furan rings is 1. The molecule has 42 heavy (non-hydrogen) atoms. The highest BCUT2D eigenvalue weighted by molar-refractivity contribution is 6.07. The molecule has 4 aromatic rings. The Hall–Kier alpha value is -4.89. The van der Waals surface area contributed by atoms with Gasteiger partial charge in [-0.3, -0.25) is 15.0 Å². The minimum atomic E-state index is -0.437. The first-order valence-electron chi connectivity index (χ1n) is 14.0. The molecule has 0 radical (unpaired) electrons. The summed E-state index contributed by atoms with van der Waals surface area (Å²) in [7, 11) is 0. The summed E-state index contributed by atoms with van der Waals surface area (Å²) in [5, 5.41) is 10.6. The average molecular weight is 566 g/mol. The summed E-state index contributed by atoms with van der Waals surface area (Å²) in [6, 6.07) is 29.9. The Morgan fingerprint density at radius 2 is 1.62 bits per heavy atom. The number of ether oxygens (including phenoxy) is 1. The monoisotopic (exact) mass is 565 g/mol. The van der Waals surface area contributed by atoms with Crippen LogP contribution in [-0.4, -0.2) is 48.4 Å². The molecule has 1 aliphatic rings. The number of anilines is 2. The molecule has 9 heteroatoms. The number of carbonyl (C=O) groups is 2. The number of rotatable bonds is 10. The van der Waals surface area contributed by atoms with Gasteiger partial charge in [0.15, 0.2) is 11.7 Å². The number of nitrogens with zero attached hydrogens (tertiary/aromatic N) is 2. The fraction of sp³-hybridized carbons (Fsp3) is 0.242. The molecule has 216 valence electrons. The van der Waals surface area contributed by atoms with E-state index in [-0.39, 0.29) is 36.2 Å². The highest BCUT2D eigenvalue weighted by Gasteiger charge is 2.34. The van der Waals surface area contributed by atoms with Crippen molar-refractivity contribution < 1.29 is 18.7 Å². The quantitative estimate of drug-likeness (QED) is 0.137. The molecule has 3 aromatic carbocycles. The molecule has 1 amide bonds. The van der Waals surface area contributed by atoms with Gasteiger partial charge >= 0.3 is 5.97 Å². The van der Waals surface area contributed by atoms with Crippen molar-refractivity contribution in [3.05, 3.63) is 120 Å². The van der Waals surface area contributed by atoms with E-state index >= 15 is 0 Å². The van der Waals surface area contributed by atoms with E-state index in [0.29, 0.717) is 43.9 Å². The van der Waals surface area contributed by atoms with Crippen LogP contribution in [0, 0.1) is 5.41 Å². The Morgan fingerprint density at radius 1 is 0.952 bits per heavy atom. The molecule has 1 unspecified atom stereocenters. The zero-order valence-corrected chi connectivity index (χ0v) is 23.3. The van der Waals surface area contributed by atoms with E-state index in [2.05, 4.69) is 10.2 Å². The van der Waals surface area contributed by atoms with Crippen molar-refractivity contribution in [3.63, 3.8) is 0 Å². The normalized spacial score (nSPS) is 14.6.